The third-order valence-corrected chi connectivity index (χ3v) is 5.26. The lowest BCUT2D eigenvalue weighted by Crippen LogP contribution is -2.05. The van der Waals surface area contributed by atoms with Gasteiger partial charge in [0.05, 0.1) is 0 Å². The molecule has 2 aromatic rings. The molecule has 96 valence electrons. The topological polar surface area (TPSA) is 26.0 Å². The van der Waals surface area contributed by atoms with Gasteiger partial charge in [-0.05, 0) is 43.2 Å². The van der Waals surface area contributed by atoms with Crippen molar-refractivity contribution in [1.29, 1.82) is 0 Å². The van der Waals surface area contributed by atoms with E-state index < -0.39 is 0 Å². The fourth-order valence-corrected chi connectivity index (χ4v) is 3.82. The molecule has 2 rings (SSSR count). The lowest BCUT2D eigenvalue weighted by atomic mass is 10.1. The molecule has 0 amide bonds. The second-order valence-corrected chi connectivity index (χ2v) is 6.67. The molecule has 1 atom stereocenters. The van der Waals surface area contributed by atoms with Crippen LogP contribution in [0.1, 0.15) is 29.8 Å². The van der Waals surface area contributed by atoms with Gasteiger partial charge in [-0.25, -0.2) is 0 Å². The molecule has 1 aromatic carbocycles. The van der Waals surface area contributed by atoms with Crippen molar-refractivity contribution < 1.29 is 0 Å². The Labute approximate surface area is 125 Å². The first-order valence-corrected chi connectivity index (χ1v) is 7.83. The first-order valence-electron chi connectivity index (χ1n) is 5.84. The largest absolute Gasteiger partial charge is 0.323 e. The van der Waals surface area contributed by atoms with E-state index in [2.05, 4.69) is 41.1 Å². The first kappa shape index (κ1) is 14.1. The van der Waals surface area contributed by atoms with E-state index in [0.29, 0.717) is 0 Å². The molecule has 0 fully saturated rings. The molecule has 1 heterocycles. The van der Waals surface area contributed by atoms with E-state index in [-0.39, 0.29) is 6.04 Å². The third kappa shape index (κ3) is 2.80. The van der Waals surface area contributed by atoms with Crippen molar-refractivity contribution in [1.82, 2.24) is 0 Å². The van der Waals surface area contributed by atoms with Gasteiger partial charge in [-0.1, -0.05) is 34.5 Å². The fraction of sp³-hybridized carbons (Fsp3) is 0.286. The standard InChI is InChI=1S/C14H15BrClNS/c1-3-12(17)14-5-4-13(18-14)9-7-11(16)8(2)6-10(9)15/h4-7,12H,3,17H2,1-2H3. The molecule has 0 spiro atoms. The van der Waals surface area contributed by atoms with Gasteiger partial charge in [-0.15, -0.1) is 11.3 Å². The van der Waals surface area contributed by atoms with Crippen LogP contribution < -0.4 is 5.73 Å². The lowest BCUT2D eigenvalue weighted by Gasteiger charge is -2.06. The molecule has 2 N–H and O–H groups in total. The summed E-state index contributed by atoms with van der Waals surface area (Å²) in [5.74, 6) is 0. The van der Waals surface area contributed by atoms with Crippen LogP contribution in [0.3, 0.4) is 0 Å². The van der Waals surface area contributed by atoms with Crippen LogP contribution in [0.5, 0.6) is 0 Å². The normalized spacial score (nSPS) is 12.7. The van der Waals surface area contributed by atoms with Crippen LogP contribution >= 0.6 is 38.9 Å². The zero-order chi connectivity index (χ0) is 13.3. The molecule has 0 aliphatic rings. The Morgan fingerprint density at radius 1 is 1.39 bits per heavy atom. The Morgan fingerprint density at radius 2 is 2.11 bits per heavy atom. The third-order valence-electron chi connectivity index (χ3n) is 2.95. The maximum absolute atomic E-state index is 6.19. The summed E-state index contributed by atoms with van der Waals surface area (Å²) in [6.45, 7) is 4.10. The van der Waals surface area contributed by atoms with Crippen molar-refractivity contribution in [2.45, 2.75) is 26.3 Å². The van der Waals surface area contributed by atoms with Crippen LogP contribution in [0.25, 0.3) is 10.4 Å². The average molecular weight is 345 g/mol. The number of nitrogens with two attached hydrogens (primary N) is 1. The fourth-order valence-electron chi connectivity index (χ4n) is 1.73. The smallest absolute Gasteiger partial charge is 0.0442 e. The van der Waals surface area contributed by atoms with Gasteiger partial charge in [-0.3, -0.25) is 0 Å². The van der Waals surface area contributed by atoms with Crippen LogP contribution in [-0.4, -0.2) is 0 Å². The van der Waals surface area contributed by atoms with Gasteiger partial charge in [0.15, 0.2) is 0 Å². The highest BCUT2D eigenvalue weighted by molar-refractivity contribution is 9.10. The second kappa shape index (κ2) is 5.74. The van der Waals surface area contributed by atoms with Crippen LogP contribution in [0.15, 0.2) is 28.7 Å². The maximum atomic E-state index is 6.19. The summed E-state index contributed by atoms with van der Waals surface area (Å²) in [5.41, 5.74) is 8.26. The minimum atomic E-state index is 0.128. The molecule has 0 aliphatic carbocycles. The summed E-state index contributed by atoms with van der Waals surface area (Å²) in [6.07, 6.45) is 0.954. The second-order valence-electron chi connectivity index (χ2n) is 4.30. The molecule has 4 heteroatoms. The number of hydrogen-bond donors (Lipinski definition) is 1. The minimum Gasteiger partial charge on any atom is -0.323 e. The van der Waals surface area contributed by atoms with Gasteiger partial charge >= 0.3 is 0 Å². The molecule has 0 bridgehead atoms. The molecule has 1 aromatic heterocycles. The van der Waals surface area contributed by atoms with Crippen molar-refractivity contribution >= 4 is 38.9 Å². The molecule has 18 heavy (non-hydrogen) atoms. The van der Waals surface area contributed by atoms with E-state index in [9.17, 15) is 0 Å². The van der Waals surface area contributed by atoms with E-state index in [1.54, 1.807) is 11.3 Å². The highest BCUT2D eigenvalue weighted by Gasteiger charge is 2.11. The number of hydrogen-bond acceptors (Lipinski definition) is 2. The Hall–Kier alpha value is -0.350. The van der Waals surface area contributed by atoms with Crippen LogP contribution in [0.2, 0.25) is 5.02 Å². The predicted octanol–water partition coefficient (Wildman–Crippen LogP) is 5.55. The number of thiophene rings is 1. The number of halogens is 2. The van der Waals surface area contributed by atoms with Crippen LogP contribution in [0.4, 0.5) is 0 Å². The van der Waals surface area contributed by atoms with E-state index in [1.165, 1.54) is 9.75 Å². The van der Waals surface area contributed by atoms with Gasteiger partial charge in [-0.2, -0.15) is 0 Å². The summed E-state index contributed by atoms with van der Waals surface area (Å²) >= 11 is 11.5. The van der Waals surface area contributed by atoms with Crippen molar-refractivity contribution in [3.8, 4) is 10.4 Å². The molecule has 1 nitrogen and oxygen atoms in total. The first-order chi connectivity index (χ1) is 8.52. The highest BCUT2D eigenvalue weighted by atomic mass is 79.9. The van der Waals surface area contributed by atoms with Gasteiger partial charge < -0.3 is 5.73 Å². The van der Waals surface area contributed by atoms with E-state index in [1.807, 2.05) is 13.0 Å². The monoisotopic (exact) mass is 343 g/mol. The minimum absolute atomic E-state index is 0.128. The van der Waals surface area contributed by atoms with Crippen molar-refractivity contribution in [3.05, 3.63) is 44.2 Å². The van der Waals surface area contributed by atoms with Gasteiger partial charge in [0.1, 0.15) is 0 Å². The number of aryl methyl sites for hydroxylation is 1. The highest BCUT2D eigenvalue weighted by Crippen LogP contribution is 2.38. The number of rotatable bonds is 3. The van der Waals surface area contributed by atoms with Gasteiger partial charge in [0.25, 0.3) is 0 Å². The van der Waals surface area contributed by atoms with Crippen molar-refractivity contribution in [2.75, 3.05) is 0 Å². The lowest BCUT2D eigenvalue weighted by molar-refractivity contribution is 0.712. The quantitative estimate of drug-likeness (QED) is 0.776. The average Bonchev–Trinajstić information content (AvgIpc) is 2.82. The number of benzene rings is 1. The van der Waals surface area contributed by atoms with E-state index in [4.69, 9.17) is 17.3 Å². The van der Waals surface area contributed by atoms with Crippen LogP contribution in [-0.2, 0) is 0 Å². The molecule has 0 aliphatic heterocycles. The zero-order valence-corrected chi connectivity index (χ0v) is 13.5. The predicted molar refractivity (Wildman–Crippen MR) is 84.4 cm³/mol. The van der Waals surface area contributed by atoms with Gasteiger partial charge in [0, 0.05) is 30.9 Å². The van der Waals surface area contributed by atoms with Crippen molar-refractivity contribution in [2.24, 2.45) is 5.73 Å². The van der Waals surface area contributed by atoms with Crippen molar-refractivity contribution in [3.63, 3.8) is 0 Å². The molecular weight excluding hydrogens is 330 g/mol. The molecule has 0 radical (unpaired) electrons. The summed E-state index contributed by atoms with van der Waals surface area (Å²) in [6, 6.07) is 8.41. The summed E-state index contributed by atoms with van der Waals surface area (Å²) in [5, 5.41) is 0.794. The summed E-state index contributed by atoms with van der Waals surface area (Å²) in [7, 11) is 0. The Balaban J connectivity index is 2.43. The Kier molecular flexibility index (Phi) is 4.49. The maximum Gasteiger partial charge on any atom is 0.0442 e. The zero-order valence-electron chi connectivity index (χ0n) is 10.3. The SMILES string of the molecule is CCC(N)c1ccc(-c2cc(Cl)c(C)cc2Br)s1. The molecule has 0 saturated heterocycles. The van der Waals surface area contributed by atoms with E-state index in [0.717, 1.165) is 27.0 Å². The summed E-state index contributed by atoms with van der Waals surface area (Å²) in [4.78, 5) is 2.42. The molecule has 1 unspecified atom stereocenters. The van der Waals surface area contributed by atoms with Gasteiger partial charge in [0.2, 0.25) is 0 Å². The summed E-state index contributed by atoms with van der Waals surface area (Å²) < 4.78 is 1.07. The van der Waals surface area contributed by atoms with Crippen LogP contribution in [0, 0.1) is 6.92 Å². The molecule has 0 saturated carbocycles. The Bertz CT molecular complexity index is 565. The Morgan fingerprint density at radius 3 is 2.78 bits per heavy atom. The molecular formula is C14H15BrClNS. The van der Waals surface area contributed by atoms with E-state index >= 15 is 0 Å².